The Hall–Kier alpha value is -1.14. The van der Waals surface area contributed by atoms with E-state index in [0.29, 0.717) is 12.5 Å². The van der Waals surface area contributed by atoms with E-state index in [1.807, 2.05) is 18.7 Å². The Morgan fingerprint density at radius 2 is 2.14 bits per heavy atom. The lowest BCUT2D eigenvalue weighted by Gasteiger charge is -2.33. The number of carbonyl (C=O) groups excluding carboxylic acids is 2. The summed E-state index contributed by atoms with van der Waals surface area (Å²) in [7, 11) is 0. The topological polar surface area (TPSA) is 70.7 Å². The van der Waals surface area contributed by atoms with Gasteiger partial charge < -0.3 is 20.3 Å². The van der Waals surface area contributed by atoms with E-state index in [-0.39, 0.29) is 30.6 Å². The number of ether oxygens (including phenoxy) is 1. The summed E-state index contributed by atoms with van der Waals surface area (Å²) in [6.45, 7) is 7.12. The molecule has 2 atom stereocenters. The highest BCUT2D eigenvalue weighted by atomic mass is 16.5. The maximum Gasteiger partial charge on any atom is 0.248 e. The summed E-state index contributed by atoms with van der Waals surface area (Å²) in [6.07, 6.45) is 4.12. The lowest BCUT2D eigenvalue weighted by molar-refractivity contribution is -0.139. The van der Waals surface area contributed by atoms with Crippen LogP contribution < -0.4 is 10.6 Å². The van der Waals surface area contributed by atoms with Gasteiger partial charge in [-0.2, -0.15) is 0 Å². The normalized spacial score (nSPS) is 25.5. The summed E-state index contributed by atoms with van der Waals surface area (Å²) in [4.78, 5) is 26.0. The zero-order valence-electron chi connectivity index (χ0n) is 13.8. The monoisotopic (exact) mass is 311 g/mol. The van der Waals surface area contributed by atoms with Gasteiger partial charge in [0.05, 0.1) is 12.1 Å². The van der Waals surface area contributed by atoms with Gasteiger partial charge in [-0.1, -0.05) is 0 Å². The number of amides is 2. The van der Waals surface area contributed by atoms with Gasteiger partial charge in [0.15, 0.2) is 0 Å². The van der Waals surface area contributed by atoms with E-state index < -0.39 is 0 Å². The Morgan fingerprint density at radius 3 is 2.82 bits per heavy atom. The zero-order chi connectivity index (χ0) is 15.9. The second kappa shape index (κ2) is 8.48. The van der Waals surface area contributed by atoms with Crippen molar-refractivity contribution in [3.05, 3.63) is 0 Å². The lowest BCUT2D eigenvalue weighted by Crippen LogP contribution is -2.47. The Labute approximate surface area is 132 Å². The number of likely N-dealkylation sites (tertiary alicyclic amines) is 1. The second-order valence-electron chi connectivity index (χ2n) is 6.60. The molecule has 2 heterocycles. The maximum absolute atomic E-state index is 12.1. The van der Waals surface area contributed by atoms with Crippen LogP contribution in [0.25, 0.3) is 0 Å². The third-order valence-corrected chi connectivity index (χ3v) is 4.35. The predicted molar refractivity (Wildman–Crippen MR) is 84.4 cm³/mol. The smallest absolute Gasteiger partial charge is 0.248 e. The fourth-order valence-electron chi connectivity index (χ4n) is 3.06. The van der Waals surface area contributed by atoms with E-state index in [9.17, 15) is 9.59 Å². The number of carbonyl (C=O) groups is 2. The van der Waals surface area contributed by atoms with Crippen molar-refractivity contribution in [2.75, 3.05) is 32.8 Å². The number of nitrogens with zero attached hydrogens (tertiary/aromatic N) is 1. The molecule has 0 saturated carbocycles. The summed E-state index contributed by atoms with van der Waals surface area (Å²) in [5, 5.41) is 6.24. The first kappa shape index (κ1) is 17.2. The van der Waals surface area contributed by atoms with E-state index in [2.05, 4.69) is 10.6 Å². The number of piperidine rings is 1. The van der Waals surface area contributed by atoms with Crippen LogP contribution >= 0.6 is 0 Å². The lowest BCUT2D eigenvalue weighted by atomic mass is 9.97. The van der Waals surface area contributed by atoms with E-state index in [4.69, 9.17) is 4.74 Å². The molecule has 0 spiro atoms. The minimum atomic E-state index is -0.0271. The average molecular weight is 311 g/mol. The van der Waals surface area contributed by atoms with Gasteiger partial charge in [-0.25, -0.2) is 0 Å². The van der Waals surface area contributed by atoms with Crippen LogP contribution in [0.1, 0.15) is 39.5 Å². The summed E-state index contributed by atoms with van der Waals surface area (Å²) < 4.78 is 5.39. The minimum Gasteiger partial charge on any atom is -0.369 e. The molecule has 0 aliphatic carbocycles. The van der Waals surface area contributed by atoms with Crippen LogP contribution in [0.2, 0.25) is 0 Å². The highest BCUT2D eigenvalue weighted by Crippen LogP contribution is 2.16. The SMILES string of the molecule is CC(C)OCC(=O)N1CCCC(CNC(=O)C2CCCN2)C1. The van der Waals surface area contributed by atoms with Crippen molar-refractivity contribution in [3.63, 3.8) is 0 Å². The third-order valence-electron chi connectivity index (χ3n) is 4.35. The molecule has 22 heavy (non-hydrogen) atoms. The fraction of sp³-hybridized carbons (Fsp3) is 0.875. The van der Waals surface area contributed by atoms with Crippen molar-refractivity contribution >= 4 is 11.8 Å². The zero-order valence-corrected chi connectivity index (χ0v) is 13.8. The fourth-order valence-corrected chi connectivity index (χ4v) is 3.06. The molecule has 2 rings (SSSR count). The van der Waals surface area contributed by atoms with Gasteiger partial charge in [-0.05, 0) is 52.0 Å². The van der Waals surface area contributed by atoms with Gasteiger partial charge >= 0.3 is 0 Å². The van der Waals surface area contributed by atoms with Crippen molar-refractivity contribution in [3.8, 4) is 0 Å². The predicted octanol–water partition coefficient (Wildman–Crippen LogP) is 0.518. The molecular formula is C16H29N3O3. The second-order valence-corrected chi connectivity index (χ2v) is 6.60. The van der Waals surface area contributed by atoms with Crippen molar-refractivity contribution in [1.82, 2.24) is 15.5 Å². The first-order valence-electron chi connectivity index (χ1n) is 8.46. The Kier molecular flexibility index (Phi) is 6.64. The van der Waals surface area contributed by atoms with E-state index in [0.717, 1.165) is 45.3 Å². The summed E-state index contributed by atoms with van der Waals surface area (Å²) >= 11 is 0. The van der Waals surface area contributed by atoms with Gasteiger partial charge in [0.1, 0.15) is 6.61 Å². The summed E-state index contributed by atoms with van der Waals surface area (Å²) in [6, 6.07) is -0.0271. The van der Waals surface area contributed by atoms with Crippen molar-refractivity contribution < 1.29 is 14.3 Å². The molecule has 6 heteroatoms. The van der Waals surface area contributed by atoms with Gasteiger partial charge in [0.25, 0.3) is 0 Å². The first-order valence-corrected chi connectivity index (χ1v) is 8.46. The molecule has 0 aromatic carbocycles. The maximum atomic E-state index is 12.1. The van der Waals surface area contributed by atoms with Crippen molar-refractivity contribution in [2.45, 2.75) is 51.7 Å². The van der Waals surface area contributed by atoms with Crippen LogP contribution in [0.4, 0.5) is 0 Å². The summed E-state index contributed by atoms with van der Waals surface area (Å²) in [5.41, 5.74) is 0. The molecule has 0 radical (unpaired) electrons. The molecule has 2 aliphatic heterocycles. The van der Waals surface area contributed by atoms with E-state index >= 15 is 0 Å². The van der Waals surface area contributed by atoms with Gasteiger partial charge in [0, 0.05) is 19.6 Å². The van der Waals surface area contributed by atoms with Crippen LogP contribution in [-0.4, -0.2) is 61.6 Å². The number of hydrogen-bond donors (Lipinski definition) is 2. The average Bonchev–Trinajstić information content (AvgIpc) is 3.05. The standard InChI is InChI=1S/C16H29N3O3/c1-12(2)22-11-15(20)19-8-4-5-13(10-19)9-18-16(21)14-6-3-7-17-14/h12-14,17H,3-11H2,1-2H3,(H,18,21). The Morgan fingerprint density at radius 1 is 1.32 bits per heavy atom. The molecule has 2 saturated heterocycles. The molecule has 2 aliphatic rings. The largest absolute Gasteiger partial charge is 0.369 e. The molecule has 6 nitrogen and oxygen atoms in total. The molecule has 0 bridgehead atoms. The Bertz CT molecular complexity index is 381. The van der Waals surface area contributed by atoms with Crippen LogP contribution in [0, 0.1) is 5.92 Å². The molecule has 0 aromatic rings. The molecule has 0 aromatic heterocycles. The van der Waals surface area contributed by atoms with Crippen LogP contribution in [0.3, 0.4) is 0 Å². The number of rotatable bonds is 6. The molecule has 2 fully saturated rings. The van der Waals surface area contributed by atoms with Crippen molar-refractivity contribution in [2.24, 2.45) is 5.92 Å². The molecular weight excluding hydrogens is 282 g/mol. The van der Waals surface area contributed by atoms with Gasteiger partial charge in [-0.3, -0.25) is 9.59 Å². The quantitative estimate of drug-likeness (QED) is 0.750. The third kappa shape index (κ3) is 5.25. The molecule has 126 valence electrons. The highest BCUT2D eigenvalue weighted by molar-refractivity contribution is 5.82. The van der Waals surface area contributed by atoms with Crippen molar-refractivity contribution in [1.29, 1.82) is 0 Å². The molecule has 2 unspecified atom stereocenters. The van der Waals surface area contributed by atoms with Gasteiger partial charge in [-0.15, -0.1) is 0 Å². The van der Waals surface area contributed by atoms with Crippen LogP contribution in [0.5, 0.6) is 0 Å². The van der Waals surface area contributed by atoms with Crippen LogP contribution in [0.15, 0.2) is 0 Å². The minimum absolute atomic E-state index is 0.0271. The Balaban J connectivity index is 1.70. The first-order chi connectivity index (χ1) is 10.6. The van der Waals surface area contributed by atoms with Crippen LogP contribution in [-0.2, 0) is 14.3 Å². The van der Waals surface area contributed by atoms with E-state index in [1.165, 1.54) is 0 Å². The molecule has 2 amide bonds. The summed E-state index contributed by atoms with van der Waals surface area (Å²) in [5.74, 6) is 0.508. The number of nitrogens with one attached hydrogen (secondary N) is 2. The molecule has 2 N–H and O–H groups in total. The highest BCUT2D eigenvalue weighted by Gasteiger charge is 2.26. The number of hydrogen-bond acceptors (Lipinski definition) is 4. The van der Waals surface area contributed by atoms with Gasteiger partial charge in [0.2, 0.25) is 11.8 Å². The van der Waals surface area contributed by atoms with E-state index in [1.54, 1.807) is 0 Å².